The van der Waals surface area contributed by atoms with E-state index in [9.17, 15) is 0 Å². The number of hydrogen-bond donors (Lipinski definition) is 0. The van der Waals surface area contributed by atoms with Crippen LogP contribution in [0.15, 0.2) is 137 Å². The molecule has 2 atom stereocenters. The maximum Gasteiger partial charge on any atom is 2.00 e. The topological polar surface area (TPSA) is 37.4 Å². The van der Waals surface area contributed by atoms with Gasteiger partial charge in [-0.05, 0) is 87.6 Å². The van der Waals surface area contributed by atoms with Crippen LogP contribution in [0.3, 0.4) is 0 Å². The first-order valence-corrected chi connectivity index (χ1v) is 17.2. The number of nitrogens with zero attached hydrogens (tertiary/aromatic N) is 1. The number of rotatable bonds is 8. The molecule has 0 spiro atoms. The van der Waals surface area contributed by atoms with Crippen LogP contribution in [0.2, 0.25) is 0 Å². The molecule has 2 aliphatic carbocycles. The molecule has 0 aliphatic heterocycles. The van der Waals surface area contributed by atoms with Gasteiger partial charge in [0, 0.05) is 0 Å². The van der Waals surface area contributed by atoms with Gasteiger partial charge in [-0.25, -0.2) is 8.42 Å². The summed E-state index contributed by atoms with van der Waals surface area (Å²) >= 11 is 0. The molecule has 7 rings (SSSR count). The van der Waals surface area contributed by atoms with E-state index in [1.807, 2.05) is 59.8 Å². The second-order valence-electron chi connectivity index (χ2n) is 11.9. The minimum absolute atomic E-state index is 0. The summed E-state index contributed by atoms with van der Waals surface area (Å²) in [6.45, 7) is 6.26. The van der Waals surface area contributed by atoms with Gasteiger partial charge in [0.05, 0.1) is 17.0 Å². The minimum atomic E-state index is -4.00. The van der Waals surface area contributed by atoms with E-state index in [2.05, 4.69) is 86.7 Å². The molecule has 0 heterocycles. The van der Waals surface area contributed by atoms with Crippen molar-refractivity contribution in [2.24, 2.45) is 0 Å². The summed E-state index contributed by atoms with van der Waals surface area (Å²) in [5.74, 6) is 0. The Morgan fingerprint density at radius 2 is 0.979 bits per heavy atom. The zero-order chi connectivity index (χ0) is 31.1. The molecule has 0 saturated heterocycles. The molecule has 2 unspecified atom stereocenters. The fourth-order valence-corrected chi connectivity index (χ4v) is 8.89. The summed E-state index contributed by atoms with van der Waals surface area (Å²) < 4.78 is 32.5. The van der Waals surface area contributed by atoms with Crippen LogP contribution in [-0.2, 0) is 36.2 Å². The van der Waals surface area contributed by atoms with Gasteiger partial charge in [-0.3, -0.25) is 0 Å². The first kappa shape index (κ1) is 37.8. The predicted octanol–water partition coefficient (Wildman–Crippen LogP) is 4.42. The summed E-state index contributed by atoms with van der Waals surface area (Å²) in [4.78, 5) is 0.315. The second kappa shape index (κ2) is 15.7. The molecule has 0 amide bonds. The Hall–Kier alpha value is -3.05. The largest absolute Gasteiger partial charge is 2.00 e. The Labute approximate surface area is 316 Å². The van der Waals surface area contributed by atoms with Crippen molar-refractivity contribution >= 4 is 22.2 Å². The SMILES string of the molecule is CCC1=Cc2cccc(-c3ccccc3)c2C1N(C1C(CC)=Cc2cccc(-c3ccccc3)c21)S(=O)(=O)c1ccc(C)cc1.[Cl-].[Cl-].[Zr+2]. The summed E-state index contributed by atoms with van der Waals surface area (Å²) in [5, 5.41) is 0. The standard InChI is InChI=1S/C41H37NO2S.2ClH.Zr/c1-4-29-26-33-18-12-20-36(31-14-8-6-9-15-31)38(33)40(29)42(45(43,44)35-24-22-28(3)23-25-35)41-30(5-2)27-34-19-13-21-37(39(34)41)32-16-10-7-11-17-32;;;/h6-27,40-41H,4-5H2,1-3H3;2*1H;/q;;;+2/p-2. The molecule has 3 nitrogen and oxygen atoms in total. The average molecular weight is 770 g/mol. The molecule has 48 heavy (non-hydrogen) atoms. The van der Waals surface area contributed by atoms with Gasteiger partial charge in [-0.15, -0.1) is 0 Å². The van der Waals surface area contributed by atoms with E-state index < -0.39 is 22.1 Å². The Morgan fingerprint density at radius 1 is 0.562 bits per heavy atom. The van der Waals surface area contributed by atoms with Crippen LogP contribution in [0.5, 0.6) is 0 Å². The molecule has 0 radical (unpaired) electrons. The molecule has 0 saturated carbocycles. The van der Waals surface area contributed by atoms with E-state index in [-0.39, 0.29) is 51.0 Å². The predicted molar refractivity (Wildman–Crippen MR) is 186 cm³/mol. The second-order valence-corrected chi connectivity index (χ2v) is 13.8. The summed E-state index contributed by atoms with van der Waals surface area (Å²) in [6.07, 6.45) is 5.91. The fraction of sp³-hybridized carbons (Fsp3) is 0.171. The number of benzene rings is 5. The number of sulfonamides is 1. The monoisotopic (exact) mass is 767 g/mol. The molecule has 5 aromatic carbocycles. The van der Waals surface area contributed by atoms with Gasteiger partial charge in [-0.1, -0.05) is 141 Å². The summed E-state index contributed by atoms with van der Waals surface area (Å²) in [5.41, 5.74) is 11.8. The molecular weight excluding hydrogens is 733 g/mol. The maximum atomic E-state index is 15.3. The van der Waals surface area contributed by atoms with Crippen LogP contribution in [-0.4, -0.2) is 12.7 Å². The Morgan fingerprint density at radius 3 is 1.38 bits per heavy atom. The molecule has 242 valence electrons. The minimum Gasteiger partial charge on any atom is -1.00 e. The third kappa shape index (κ3) is 6.61. The van der Waals surface area contributed by atoms with E-state index >= 15 is 8.42 Å². The first-order valence-electron chi connectivity index (χ1n) is 15.8. The molecule has 7 heteroatoms. The van der Waals surface area contributed by atoms with E-state index in [0.717, 1.165) is 74.1 Å². The smallest absolute Gasteiger partial charge is 1.00 e. The van der Waals surface area contributed by atoms with Crippen molar-refractivity contribution in [3.8, 4) is 22.3 Å². The van der Waals surface area contributed by atoms with Gasteiger partial charge in [0.25, 0.3) is 0 Å². The van der Waals surface area contributed by atoms with Crippen molar-refractivity contribution in [3.63, 3.8) is 0 Å². The van der Waals surface area contributed by atoms with Gasteiger partial charge in [0.1, 0.15) is 0 Å². The fourth-order valence-electron chi connectivity index (χ4n) is 7.13. The van der Waals surface area contributed by atoms with Crippen LogP contribution in [0.1, 0.15) is 66.6 Å². The Kier molecular flexibility index (Phi) is 12.3. The molecular formula is C41H37Cl2NO2SZr. The van der Waals surface area contributed by atoms with Crippen LogP contribution in [0.25, 0.3) is 34.4 Å². The van der Waals surface area contributed by atoms with E-state index in [1.165, 1.54) is 0 Å². The van der Waals surface area contributed by atoms with Crippen molar-refractivity contribution in [2.75, 3.05) is 0 Å². The van der Waals surface area contributed by atoms with E-state index in [0.29, 0.717) is 4.90 Å². The van der Waals surface area contributed by atoms with Gasteiger partial charge in [0.15, 0.2) is 0 Å². The van der Waals surface area contributed by atoms with Crippen molar-refractivity contribution in [3.05, 3.63) is 160 Å². The van der Waals surface area contributed by atoms with Gasteiger partial charge in [0.2, 0.25) is 10.0 Å². The molecule has 5 aromatic rings. The van der Waals surface area contributed by atoms with Gasteiger partial charge < -0.3 is 24.8 Å². The van der Waals surface area contributed by atoms with Gasteiger partial charge >= 0.3 is 26.2 Å². The third-order valence-electron chi connectivity index (χ3n) is 9.30. The molecule has 0 aromatic heterocycles. The average Bonchev–Trinajstić information content (AvgIpc) is 3.64. The van der Waals surface area contributed by atoms with Crippen molar-refractivity contribution in [2.45, 2.75) is 50.6 Å². The summed E-state index contributed by atoms with van der Waals surface area (Å²) in [7, 11) is -4.00. The van der Waals surface area contributed by atoms with Crippen LogP contribution >= 0.6 is 0 Å². The number of halogens is 2. The van der Waals surface area contributed by atoms with Crippen molar-refractivity contribution in [1.29, 1.82) is 0 Å². The molecule has 0 fully saturated rings. The molecule has 2 aliphatic rings. The third-order valence-corrected chi connectivity index (χ3v) is 11.1. The number of hydrogen-bond acceptors (Lipinski definition) is 2. The normalized spacial score (nSPS) is 16.1. The van der Waals surface area contributed by atoms with Crippen LogP contribution < -0.4 is 24.8 Å². The van der Waals surface area contributed by atoms with Crippen LogP contribution in [0, 0.1) is 6.92 Å². The number of fused-ring (bicyclic) bond motifs is 2. The molecule has 0 bridgehead atoms. The molecule has 0 N–H and O–H groups in total. The summed E-state index contributed by atoms with van der Waals surface area (Å²) in [6, 6.07) is 39.8. The van der Waals surface area contributed by atoms with E-state index in [1.54, 1.807) is 12.1 Å². The Bertz CT molecular complexity index is 1950. The first-order chi connectivity index (χ1) is 21.9. The maximum absolute atomic E-state index is 15.3. The van der Waals surface area contributed by atoms with Crippen molar-refractivity contribution < 1.29 is 59.4 Å². The van der Waals surface area contributed by atoms with E-state index in [4.69, 9.17) is 0 Å². The zero-order valence-corrected chi connectivity index (χ0v) is 32.0. The van der Waals surface area contributed by atoms with Crippen molar-refractivity contribution in [1.82, 2.24) is 4.31 Å². The van der Waals surface area contributed by atoms with Gasteiger partial charge in [-0.2, -0.15) is 4.31 Å². The van der Waals surface area contributed by atoms with Crippen LogP contribution in [0.4, 0.5) is 0 Å². The Balaban J connectivity index is 0.00000173. The number of aryl methyl sites for hydroxylation is 1. The quantitative estimate of drug-likeness (QED) is 0.235. The zero-order valence-electron chi connectivity index (χ0n) is 27.2.